The van der Waals surface area contributed by atoms with Gasteiger partial charge >= 0.3 is 6.09 Å². The van der Waals surface area contributed by atoms with E-state index in [9.17, 15) is 9.59 Å². The maximum atomic E-state index is 13.2. The quantitative estimate of drug-likeness (QED) is 0.726. The van der Waals surface area contributed by atoms with Gasteiger partial charge in [0.25, 0.3) is 0 Å². The molecular weight excluding hydrogens is 424 g/mol. The summed E-state index contributed by atoms with van der Waals surface area (Å²) in [7, 11) is 1.30. The first-order chi connectivity index (χ1) is 13.4. The van der Waals surface area contributed by atoms with Crippen molar-refractivity contribution >= 4 is 27.9 Å². The van der Waals surface area contributed by atoms with Crippen molar-refractivity contribution in [1.29, 1.82) is 0 Å². The molecule has 2 aromatic rings. The molecule has 1 aromatic heterocycles. The van der Waals surface area contributed by atoms with Gasteiger partial charge in [0, 0.05) is 16.6 Å². The predicted molar refractivity (Wildman–Crippen MR) is 110 cm³/mol. The van der Waals surface area contributed by atoms with Gasteiger partial charge in [0.05, 0.1) is 25.0 Å². The minimum Gasteiger partial charge on any atom is -0.453 e. The average Bonchev–Trinajstić information content (AvgIpc) is 3.34. The molecule has 2 amide bonds. The molecule has 0 aliphatic carbocycles. The number of rotatable bonds is 5. The fraction of sp³-hybridized carbons (Fsp3) is 0.450. The van der Waals surface area contributed by atoms with Gasteiger partial charge in [-0.05, 0) is 30.9 Å². The maximum absolute atomic E-state index is 13.2. The Balaban J connectivity index is 1.79. The van der Waals surface area contributed by atoms with E-state index in [1.807, 2.05) is 43.0 Å². The second-order valence-electron chi connectivity index (χ2n) is 7.24. The first-order valence-electron chi connectivity index (χ1n) is 9.36. The number of benzene rings is 1. The number of carbonyl (C=O) groups excluding carboxylic acids is 2. The monoisotopic (exact) mass is 448 g/mol. The van der Waals surface area contributed by atoms with Crippen molar-refractivity contribution in [2.75, 3.05) is 13.7 Å². The largest absolute Gasteiger partial charge is 0.453 e. The fourth-order valence-electron chi connectivity index (χ4n) is 3.49. The SMILES string of the molecule is COC(=O)NC(C(=O)N1CCCC1c1cnc(-c2ccc(Br)cc2)[nH]1)C(C)C. The second-order valence-corrected chi connectivity index (χ2v) is 8.16. The van der Waals surface area contributed by atoms with Gasteiger partial charge in [-0.2, -0.15) is 0 Å². The fourth-order valence-corrected chi connectivity index (χ4v) is 3.76. The highest BCUT2D eigenvalue weighted by atomic mass is 79.9. The van der Waals surface area contributed by atoms with Gasteiger partial charge in [-0.25, -0.2) is 9.78 Å². The number of methoxy groups -OCH3 is 1. The molecular formula is C20H25BrN4O3. The lowest BCUT2D eigenvalue weighted by atomic mass is 10.0. The summed E-state index contributed by atoms with van der Waals surface area (Å²) >= 11 is 3.43. The molecule has 1 aliphatic rings. The van der Waals surface area contributed by atoms with Crippen molar-refractivity contribution in [3.8, 4) is 11.4 Å². The number of hydrogen-bond acceptors (Lipinski definition) is 4. The zero-order valence-electron chi connectivity index (χ0n) is 16.2. The minimum atomic E-state index is -0.623. The summed E-state index contributed by atoms with van der Waals surface area (Å²) in [5.41, 5.74) is 1.89. The van der Waals surface area contributed by atoms with Crippen LogP contribution >= 0.6 is 15.9 Å². The Morgan fingerprint density at radius 2 is 2.04 bits per heavy atom. The van der Waals surface area contributed by atoms with Crippen LogP contribution in [0, 0.1) is 5.92 Å². The van der Waals surface area contributed by atoms with Crippen LogP contribution < -0.4 is 5.32 Å². The Morgan fingerprint density at radius 3 is 2.68 bits per heavy atom. The summed E-state index contributed by atoms with van der Waals surface area (Å²) in [4.78, 5) is 34.5. The minimum absolute atomic E-state index is 0.0482. The molecule has 150 valence electrons. The number of ether oxygens (including phenoxy) is 1. The van der Waals surface area contributed by atoms with Gasteiger partial charge in [-0.1, -0.05) is 41.9 Å². The van der Waals surface area contributed by atoms with Crippen molar-refractivity contribution in [1.82, 2.24) is 20.2 Å². The van der Waals surface area contributed by atoms with E-state index in [0.717, 1.165) is 34.4 Å². The van der Waals surface area contributed by atoms with Gasteiger partial charge in [0.15, 0.2) is 0 Å². The molecule has 3 rings (SSSR count). The van der Waals surface area contributed by atoms with E-state index in [-0.39, 0.29) is 17.9 Å². The van der Waals surface area contributed by atoms with Crippen LogP contribution in [0.3, 0.4) is 0 Å². The van der Waals surface area contributed by atoms with E-state index < -0.39 is 12.1 Å². The average molecular weight is 449 g/mol. The summed E-state index contributed by atoms with van der Waals surface area (Å²) in [5, 5.41) is 2.67. The standard InChI is InChI=1S/C20H25BrN4O3/c1-12(2)17(24-20(27)28-3)19(26)25-10-4-5-16(25)15-11-22-18(23-15)13-6-8-14(21)9-7-13/h6-9,11-12,16-17H,4-5,10H2,1-3H3,(H,22,23)(H,24,27). The molecule has 2 heterocycles. The first kappa shape index (κ1) is 20.4. The van der Waals surface area contributed by atoms with Crippen molar-refractivity contribution in [3.05, 3.63) is 40.6 Å². The molecule has 28 heavy (non-hydrogen) atoms. The Morgan fingerprint density at radius 1 is 1.32 bits per heavy atom. The van der Waals surface area contributed by atoms with Crippen molar-refractivity contribution in [3.63, 3.8) is 0 Å². The highest BCUT2D eigenvalue weighted by Crippen LogP contribution is 2.33. The van der Waals surface area contributed by atoms with E-state index in [1.54, 1.807) is 6.20 Å². The molecule has 2 atom stereocenters. The van der Waals surface area contributed by atoms with Gasteiger partial charge in [-0.3, -0.25) is 4.79 Å². The van der Waals surface area contributed by atoms with Crippen LogP contribution in [-0.2, 0) is 9.53 Å². The number of hydrogen-bond donors (Lipinski definition) is 2. The third kappa shape index (κ3) is 4.38. The lowest BCUT2D eigenvalue weighted by Gasteiger charge is -2.30. The predicted octanol–water partition coefficient (Wildman–Crippen LogP) is 3.88. The number of nitrogens with one attached hydrogen (secondary N) is 2. The molecule has 2 N–H and O–H groups in total. The maximum Gasteiger partial charge on any atom is 0.407 e. The summed E-state index contributed by atoms with van der Waals surface area (Å²) in [5.74, 6) is 0.630. The van der Waals surface area contributed by atoms with E-state index in [4.69, 9.17) is 0 Å². The van der Waals surface area contributed by atoms with Crippen LogP contribution in [0.2, 0.25) is 0 Å². The van der Waals surface area contributed by atoms with E-state index in [2.05, 4.69) is 36.0 Å². The molecule has 0 saturated carbocycles. The number of likely N-dealkylation sites (tertiary alicyclic amines) is 1. The van der Waals surface area contributed by atoms with E-state index in [0.29, 0.717) is 6.54 Å². The lowest BCUT2D eigenvalue weighted by Crippen LogP contribution is -2.51. The van der Waals surface area contributed by atoms with Crippen LogP contribution in [0.4, 0.5) is 4.79 Å². The molecule has 0 radical (unpaired) electrons. The molecule has 1 aliphatic heterocycles. The third-order valence-electron chi connectivity index (χ3n) is 5.00. The summed E-state index contributed by atoms with van der Waals surface area (Å²) < 4.78 is 5.68. The molecule has 0 spiro atoms. The Labute approximate surface area is 173 Å². The van der Waals surface area contributed by atoms with Gasteiger partial charge in [0.1, 0.15) is 11.9 Å². The zero-order chi connectivity index (χ0) is 20.3. The van der Waals surface area contributed by atoms with Crippen LogP contribution in [0.5, 0.6) is 0 Å². The Hall–Kier alpha value is -2.35. The zero-order valence-corrected chi connectivity index (χ0v) is 17.8. The van der Waals surface area contributed by atoms with Crippen LogP contribution in [-0.4, -0.2) is 46.6 Å². The first-order valence-corrected chi connectivity index (χ1v) is 10.2. The van der Waals surface area contributed by atoms with Crippen LogP contribution in [0.25, 0.3) is 11.4 Å². The molecule has 2 unspecified atom stereocenters. The summed E-state index contributed by atoms with van der Waals surface area (Å²) in [6, 6.07) is 7.20. The topological polar surface area (TPSA) is 87.3 Å². The van der Waals surface area contributed by atoms with Crippen LogP contribution in [0.15, 0.2) is 34.9 Å². The molecule has 1 fully saturated rings. The lowest BCUT2D eigenvalue weighted by molar-refractivity contribution is -0.135. The van der Waals surface area contributed by atoms with Crippen molar-refractivity contribution in [2.45, 2.75) is 38.8 Å². The number of nitrogens with zero attached hydrogens (tertiary/aromatic N) is 2. The van der Waals surface area contributed by atoms with Gasteiger partial charge in [-0.15, -0.1) is 0 Å². The number of imidazole rings is 1. The Kier molecular flexibility index (Phi) is 6.39. The van der Waals surface area contributed by atoms with Crippen LogP contribution in [0.1, 0.15) is 38.4 Å². The molecule has 1 aromatic carbocycles. The number of aromatic nitrogens is 2. The number of alkyl carbamates (subject to hydrolysis) is 1. The smallest absolute Gasteiger partial charge is 0.407 e. The molecule has 0 bridgehead atoms. The molecule has 1 saturated heterocycles. The number of H-pyrrole nitrogens is 1. The second kappa shape index (κ2) is 8.77. The summed E-state index contributed by atoms with van der Waals surface area (Å²) in [6.45, 7) is 4.47. The normalized spacial score (nSPS) is 17.6. The van der Waals surface area contributed by atoms with Crippen molar-refractivity contribution < 1.29 is 14.3 Å². The number of carbonyl (C=O) groups is 2. The highest BCUT2D eigenvalue weighted by molar-refractivity contribution is 9.10. The van der Waals surface area contributed by atoms with Crippen molar-refractivity contribution in [2.24, 2.45) is 5.92 Å². The number of aromatic amines is 1. The van der Waals surface area contributed by atoms with Gasteiger partial charge in [0.2, 0.25) is 5.91 Å². The number of amides is 2. The Bertz CT molecular complexity index is 834. The molecule has 7 nitrogen and oxygen atoms in total. The van der Waals surface area contributed by atoms with E-state index in [1.165, 1.54) is 7.11 Å². The third-order valence-corrected chi connectivity index (χ3v) is 5.53. The van der Waals surface area contributed by atoms with Gasteiger partial charge < -0.3 is 19.9 Å². The summed E-state index contributed by atoms with van der Waals surface area (Å²) in [6.07, 6.45) is 2.97. The molecule has 8 heteroatoms. The van der Waals surface area contributed by atoms with E-state index >= 15 is 0 Å². The highest BCUT2D eigenvalue weighted by Gasteiger charge is 2.36. The number of halogens is 1.